The summed E-state index contributed by atoms with van der Waals surface area (Å²) in [7, 11) is -2.96. The maximum atomic E-state index is 11.9. The molecule has 1 fully saturated rings. The highest BCUT2D eigenvalue weighted by molar-refractivity contribution is 7.91. The molecule has 0 spiro atoms. The molecular formula is C17H24N2O2S. The number of fused-ring (bicyclic) bond motifs is 1. The molecule has 1 aromatic carbocycles. The Morgan fingerprint density at radius 3 is 2.82 bits per heavy atom. The van der Waals surface area contributed by atoms with Gasteiger partial charge in [-0.25, -0.2) is 8.42 Å². The second kappa shape index (κ2) is 6.42. The molecule has 1 aliphatic carbocycles. The van der Waals surface area contributed by atoms with E-state index in [4.69, 9.17) is 0 Å². The van der Waals surface area contributed by atoms with E-state index < -0.39 is 9.84 Å². The lowest BCUT2D eigenvalue weighted by Gasteiger charge is -2.31. The van der Waals surface area contributed by atoms with Crippen molar-refractivity contribution in [1.29, 1.82) is 0 Å². The molecule has 1 heterocycles. The van der Waals surface area contributed by atoms with E-state index in [1.807, 2.05) is 12.1 Å². The minimum Gasteiger partial charge on any atom is -0.361 e. The van der Waals surface area contributed by atoms with E-state index in [0.29, 0.717) is 0 Å². The molecule has 5 heteroatoms. The summed E-state index contributed by atoms with van der Waals surface area (Å²) in [6.07, 6.45) is 8.25. The van der Waals surface area contributed by atoms with Gasteiger partial charge in [0, 0.05) is 29.4 Å². The first-order valence-corrected chi connectivity index (χ1v) is 9.98. The van der Waals surface area contributed by atoms with Crippen molar-refractivity contribution in [2.24, 2.45) is 0 Å². The number of hydrogen-bond acceptors (Lipinski definition) is 3. The van der Waals surface area contributed by atoms with Crippen molar-refractivity contribution in [3.8, 4) is 0 Å². The molecule has 0 amide bonds. The lowest BCUT2D eigenvalue weighted by atomic mass is 9.94. The van der Waals surface area contributed by atoms with Crippen molar-refractivity contribution in [1.82, 2.24) is 10.3 Å². The van der Waals surface area contributed by atoms with E-state index in [1.54, 1.807) is 0 Å². The zero-order chi connectivity index (χ0) is 15.6. The molecule has 0 radical (unpaired) electrons. The van der Waals surface area contributed by atoms with E-state index in [9.17, 15) is 8.42 Å². The Bertz CT molecular complexity index is 736. The molecule has 3 rings (SSSR count). The van der Waals surface area contributed by atoms with Crippen LogP contribution in [0.3, 0.4) is 0 Å². The fourth-order valence-electron chi connectivity index (χ4n) is 3.57. The molecule has 0 bridgehead atoms. The molecule has 2 N–H and O–H groups in total. The number of sulfone groups is 1. The zero-order valence-electron chi connectivity index (χ0n) is 13.0. The Balaban J connectivity index is 1.62. The van der Waals surface area contributed by atoms with Gasteiger partial charge in [-0.3, -0.25) is 0 Å². The lowest BCUT2D eigenvalue weighted by molar-refractivity contribution is 0.374. The molecule has 22 heavy (non-hydrogen) atoms. The van der Waals surface area contributed by atoms with Gasteiger partial charge in [-0.1, -0.05) is 31.0 Å². The number of aromatic amines is 1. The Hall–Kier alpha value is -1.33. The first-order valence-electron chi connectivity index (χ1n) is 8.03. The predicted octanol–water partition coefficient (Wildman–Crippen LogP) is 2.66. The number of hydrogen-bond donors (Lipinski definition) is 2. The van der Waals surface area contributed by atoms with Crippen LogP contribution in [0.2, 0.25) is 0 Å². The predicted molar refractivity (Wildman–Crippen MR) is 90.9 cm³/mol. The molecule has 2 atom stereocenters. The van der Waals surface area contributed by atoms with Crippen LogP contribution in [0.5, 0.6) is 0 Å². The summed E-state index contributed by atoms with van der Waals surface area (Å²) in [6.45, 7) is 0.818. The van der Waals surface area contributed by atoms with E-state index >= 15 is 0 Å². The van der Waals surface area contributed by atoms with E-state index in [2.05, 4.69) is 28.6 Å². The van der Waals surface area contributed by atoms with Gasteiger partial charge in [0.05, 0.1) is 5.25 Å². The highest BCUT2D eigenvalue weighted by Crippen LogP contribution is 2.24. The lowest BCUT2D eigenvalue weighted by Crippen LogP contribution is -2.46. The van der Waals surface area contributed by atoms with Crippen LogP contribution >= 0.6 is 0 Å². The van der Waals surface area contributed by atoms with Crippen LogP contribution in [0, 0.1) is 0 Å². The molecule has 0 unspecified atom stereocenters. The normalized spacial score (nSPS) is 23.0. The summed E-state index contributed by atoms with van der Waals surface area (Å²) in [6, 6.07) is 8.38. The SMILES string of the molecule is CS(=O)(=O)[C@H]1CCCC[C@@H]1NCCc1c[nH]c2ccccc12. The molecule has 0 saturated heterocycles. The van der Waals surface area contributed by atoms with Gasteiger partial charge in [-0.15, -0.1) is 0 Å². The Morgan fingerprint density at radius 2 is 2.00 bits per heavy atom. The topological polar surface area (TPSA) is 62.0 Å². The molecule has 1 saturated carbocycles. The van der Waals surface area contributed by atoms with Crippen LogP contribution in [-0.2, 0) is 16.3 Å². The largest absolute Gasteiger partial charge is 0.361 e. The number of rotatable bonds is 5. The summed E-state index contributed by atoms with van der Waals surface area (Å²) in [5.74, 6) is 0. The van der Waals surface area contributed by atoms with Gasteiger partial charge < -0.3 is 10.3 Å². The summed E-state index contributed by atoms with van der Waals surface area (Å²) < 4.78 is 23.8. The van der Waals surface area contributed by atoms with Gasteiger partial charge in [-0.05, 0) is 37.4 Å². The van der Waals surface area contributed by atoms with Crippen molar-refractivity contribution in [3.05, 3.63) is 36.0 Å². The minimum atomic E-state index is -2.96. The van der Waals surface area contributed by atoms with Crippen LogP contribution < -0.4 is 5.32 Å². The van der Waals surface area contributed by atoms with Crippen LogP contribution in [-0.4, -0.2) is 37.5 Å². The third kappa shape index (κ3) is 3.36. The number of aromatic nitrogens is 1. The van der Waals surface area contributed by atoms with E-state index in [1.165, 1.54) is 17.2 Å². The summed E-state index contributed by atoms with van der Waals surface area (Å²) in [5.41, 5.74) is 2.44. The molecule has 2 aromatic rings. The van der Waals surface area contributed by atoms with Crippen LogP contribution in [0.15, 0.2) is 30.5 Å². The summed E-state index contributed by atoms with van der Waals surface area (Å²) in [5, 5.41) is 4.53. The molecule has 1 aromatic heterocycles. The first kappa shape index (κ1) is 15.6. The number of para-hydroxylation sites is 1. The van der Waals surface area contributed by atoms with Gasteiger partial charge in [0.25, 0.3) is 0 Å². The molecule has 120 valence electrons. The van der Waals surface area contributed by atoms with E-state index in [-0.39, 0.29) is 11.3 Å². The monoisotopic (exact) mass is 320 g/mol. The van der Waals surface area contributed by atoms with Crippen molar-refractivity contribution in [2.75, 3.05) is 12.8 Å². The minimum absolute atomic E-state index is 0.106. The van der Waals surface area contributed by atoms with Gasteiger partial charge in [0.15, 0.2) is 9.84 Å². The van der Waals surface area contributed by atoms with Gasteiger partial charge in [0.2, 0.25) is 0 Å². The maximum absolute atomic E-state index is 11.9. The van der Waals surface area contributed by atoms with Crippen LogP contribution in [0.1, 0.15) is 31.2 Å². The number of nitrogens with one attached hydrogen (secondary N) is 2. The fourth-order valence-corrected chi connectivity index (χ4v) is 5.00. The quantitative estimate of drug-likeness (QED) is 0.890. The molecule has 1 aliphatic rings. The Morgan fingerprint density at radius 1 is 1.23 bits per heavy atom. The zero-order valence-corrected chi connectivity index (χ0v) is 13.8. The standard InChI is InChI=1S/C17H24N2O2S/c1-22(20,21)17-9-5-4-8-16(17)18-11-10-13-12-19-15-7-3-2-6-14(13)15/h2-3,6-7,12,16-19H,4-5,8-11H2,1H3/t16-,17-/m0/s1. The first-order chi connectivity index (χ1) is 10.6. The number of benzene rings is 1. The maximum Gasteiger partial charge on any atom is 0.151 e. The van der Waals surface area contributed by atoms with Crippen LogP contribution in [0.25, 0.3) is 10.9 Å². The molecular weight excluding hydrogens is 296 g/mol. The van der Waals surface area contributed by atoms with Crippen molar-refractivity contribution < 1.29 is 8.42 Å². The fraction of sp³-hybridized carbons (Fsp3) is 0.529. The van der Waals surface area contributed by atoms with Gasteiger partial charge >= 0.3 is 0 Å². The van der Waals surface area contributed by atoms with Gasteiger partial charge in [-0.2, -0.15) is 0 Å². The Kier molecular flexibility index (Phi) is 4.54. The second-order valence-corrected chi connectivity index (χ2v) is 8.59. The summed E-state index contributed by atoms with van der Waals surface area (Å²) in [4.78, 5) is 3.29. The summed E-state index contributed by atoms with van der Waals surface area (Å²) >= 11 is 0. The average molecular weight is 320 g/mol. The van der Waals surface area contributed by atoms with Crippen molar-refractivity contribution in [3.63, 3.8) is 0 Å². The highest BCUT2D eigenvalue weighted by Gasteiger charge is 2.32. The second-order valence-electron chi connectivity index (χ2n) is 6.32. The molecule has 4 nitrogen and oxygen atoms in total. The van der Waals surface area contributed by atoms with Gasteiger partial charge in [0.1, 0.15) is 0 Å². The molecule has 0 aliphatic heterocycles. The third-order valence-corrected chi connectivity index (χ3v) is 6.39. The van der Waals surface area contributed by atoms with Crippen LogP contribution in [0.4, 0.5) is 0 Å². The number of H-pyrrole nitrogens is 1. The van der Waals surface area contributed by atoms with Crippen molar-refractivity contribution in [2.45, 2.75) is 43.4 Å². The third-order valence-electron chi connectivity index (χ3n) is 4.73. The highest BCUT2D eigenvalue weighted by atomic mass is 32.2. The average Bonchev–Trinajstić information content (AvgIpc) is 2.90. The van der Waals surface area contributed by atoms with Crippen molar-refractivity contribution >= 4 is 20.7 Å². The smallest absolute Gasteiger partial charge is 0.151 e. The Labute approximate surface area is 132 Å². The van der Waals surface area contributed by atoms with E-state index in [0.717, 1.165) is 44.2 Å².